The molecule has 1 aromatic rings. The van der Waals surface area contributed by atoms with E-state index >= 15 is 0 Å². The van der Waals surface area contributed by atoms with Gasteiger partial charge in [-0.1, -0.05) is 30.1 Å². The molecule has 0 aliphatic rings. The number of benzene rings is 1. The highest BCUT2D eigenvalue weighted by atomic mass is 35.5. The van der Waals surface area contributed by atoms with Crippen LogP contribution in [-0.2, 0) is 0 Å². The molecule has 2 unspecified atom stereocenters. The van der Waals surface area contributed by atoms with E-state index in [1.165, 1.54) is 0 Å². The summed E-state index contributed by atoms with van der Waals surface area (Å²) in [7, 11) is 0. The summed E-state index contributed by atoms with van der Waals surface area (Å²) in [5.41, 5.74) is 0. The highest BCUT2D eigenvalue weighted by Crippen LogP contribution is 2.26. The lowest BCUT2D eigenvalue weighted by Gasteiger charge is -2.14. The van der Waals surface area contributed by atoms with Gasteiger partial charge >= 0.3 is 0 Å². The summed E-state index contributed by atoms with van der Waals surface area (Å²) < 4.78 is 5.45. The van der Waals surface area contributed by atoms with E-state index in [9.17, 15) is 5.11 Å². The molecule has 0 heterocycles. The van der Waals surface area contributed by atoms with Crippen molar-refractivity contribution in [2.75, 3.05) is 26.3 Å². The van der Waals surface area contributed by atoms with E-state index < -0.39 is 6.10 Å². The zero-order valence-electron chi connectivity index (χ0n) is 12.2. The molecule has 120 valence electrons. The third-order valence-electron chi connectivity index (χ3n) is 3.08. The van der Waals surface area contributed by atoms with Crippen LogP contribution >= 0.6 is 23.2 Å². The number of aliphatic hydroxyl groups is 2. The Hall–Kier alpha value is -0.520. The van der Waals surface area contributed by atoms with Crippen molar-refractivity contribution in [1.82, 2.24) is 5.32 Å². The van der Waals surface area contributed by atoms with Gasteiger partial charge in [-0.3, -0.25) is 0 Å². The van der Waals surface area contributed by atoms with Gasteiger partial charge in [0.1, 0.15) is 18.5 Å². The quantitative estimate of drug-likeness (QED) is 0.575. The fraction of sp³-hybridized carbons (Fsp3) is 0.600. The highest BCUT2D eigenvalue weighted by molar-refractivity contribution is 6.42. The van der Waals surface area contributed by atoms with Gasteiger partial charge in [0.05, 0.1) is 10.0 Å². The van der Waals surface area contributed by atoms with Gasteiger partial charge in [-0.05, 0) is 37.4 Å². The van der Waals surface area contributed by atoms with E-state index in [1.54, 1.807) is 18.2 Å². The van der Waals surface area contributed by atoms with Crippen LogP contribution in [0.25, 0.3) is 0 Å². The molecule has 0 saturated heterocycles. The van der Waals surface area contributed by atoms with Crippen molar-refractivity contribution in [3.05, 3.63) is 28.2 Å². The van der Waals surface area contributed by atoms with Crippen LogP contribution in [0.1, 0.15) is 19.8 Å². The number of halogens is 2. The molecule has 1 rings (SSSR count). The van der Waals surface area contributed by atoms with Crippen molar-refractivity contribution < 1.29 is 14.9 Å². The molecule has 0 aromatic heterocycles. The molecular weight excluding hydrogens is 313 g/mol. The summed E-state index contributed by atoms with van der Waals surface area (Å²) in [5, 5.41) is 22.8. The lowest BCUT2D eigenvalue weighted by Crippen LogP contribution is -2.32. The van der Waals surface area contributed by atoms with E-state index in [0.29, 0.717) is 28.3 Å². The van der Waals surface area contributed by atoms with Crippen LogP contribution in [0.15, 0.2) is 18.2 Å². The summed E-state index contributed by atoms with van der Waals surface area (Å²) in [4.78, 5) is 0. The molecule has 0 saturated carbocycles. The molecule has 0 spiro atoms. The second-order valence-corrected chi connectivity index (χ2v) is 5.99. The van der Waals surface area contributed by atoms with Gasteiger partial charge in [-0.25, -0.2) is 0 Å². The third-order valence-corrected chi connectivity index (χ3v) is 3.81. The molecule has 0 aliphatic carbocycles. The summed E-state index contributed by atoms with van der Waals surface area (Å²) in [5.74, 6) is 0.912. The molecule has 4 nitrogen and oxygen atoms in total. The van der Waals surface area contributed by atoms with Gasteiger partial charge in [0.15, 0.2) is 0 Å². The number of hydrogen-bond acceptors (Lipinski definition) is 4. The van der Waals surface area contributed by atoms with Gasteiger partial charge in [-0.15, -0.1) is 0 Å². The molecule has 1 aromatic carbocycles. The Kier molecular flexibility index (Phi) is 9.04. The molecule has 2 atom stereocenters. The summed E-state index contributed by atoms with van der Waals surface area (Å²) in [6.45, 7) is 3.71. The van der Waals surface area contributed by atoms with Crippen molar-refractivity contribution in [3.8, 4) is 5.75 Å². The number of nitrogens with one attached hydrogen (secondary N) is 1. The smallest absolute Gasteiger partial charge is 0.121 e. The van der Waals surface area contributed by atoms with Crippen LogP contribution in [0, 0.1) is 5.92 Å². The maximum Gasteiger partial charge on any atom is 0.121 e. The fourth-order valence-corrected chi connectivity index (χ4v) is 2.04. The SMILES string of the molecule is CC(CO)CCCNCC(O)COc1ccc(Cl)c(Cl)c1. The fourth-order valence-electron chi connectivity index (χ4n) is 1.75. The van der Waals surface area contributed by atoms with Crippen LogP contribution in [0.4, 0.5) is 0 Å². The lowest BCUT2D eigenvalue weighted by atomic mass is 10.1. The minimum absolute atomic E-state index is 0.192. The number of rotatable bonds is 10. The predicted molar refractivity (Wildman–Crippen MR) is 86.3 cm³/mol. The number of aliphatic hydroxyl groups excluding tert-OH is 2. The monoisotopic (exact) mass is 335 g/mol. The Morgan fingerprint density at radius 1 is 1.29 bits per heavy atom. The second-order valence-electron chi connectivity index (χ2n) is 5.17. The topological polar surface area (TPSA) is 61.7 Å². The van der Waals surface area contributed by atoms with Crippen molar-refractivity contribution in [1.29, 1.82) is 0 Å². The Morgan fingerprint density at radius 3 is 2.71 bits per heavy atom. The van der Waals surface area contributed by atoms with E-state index in [0.717, 1.165) is 19.4 Å². The third kappa shape index (κ3) is 7.88. The van der Waals surface area contributed by atoms with Gasteiger partial charge in [-0.2, -0.15) is 0 Å². The van der Waals surface area contributed by atoms with E-state index in [1.807, 2.05) is 6.92 Å². The first-order chi connectivity index (χ1) is 10.0. The highest BCUT2D eigenvalue weighted by Gasteiger charge is 2.06. The Bertz CT molecular complexity index is 418. The van der Waals surface area contributed by atoms with Crippen molar-refractivity contribution >= 4 is 23.2 Å². The summed E-state index contributed by atoms with van der Waals surface area (Å²) in [6.07, 6.45) is 1.36. The lowest BCUT2D eigenvalue weighted by molar-refractivity contribution is 0.106. The van der Waals surface area contributed by atoms with E-state index in [4.69, 9.17) is 33.0 Å². The number of hydrogen-bond donors (Lipinski definition) is 3. The van der Waals surface area contributed by atoms with Crippen molar-refractivity contribution in [2.24, 2.45) is 5.92 Å². The van der Waals surface area contributed by atoms with Crippen LogP contribution < -0.4 is 10.1 Å². The standard InChI is InChI=1S/C15H23Cl2NO3/c1-11(9-19)3-2-6-18-8-12(20)10-21-13-4-5-14(16)15(17)7-13/h4-5,7,11-12,18-20H,2-3,6,8-10H2,1H3. The Balaban J connectivity index is 2.13. The minimum atomic E-state index is -0.588. The van der Waals surface area contributed by atoms with Crippen LogP contribution in [-0.4, -0.2) is 42.6 Å². The van der Waals surface area contributed by atoms with Crippen molar-refractivity contribution in [2.45, 2.75) is 25.9 Å². The van der Waals surface area contributed by atoms with Crippen LogP contribution in [0.3, 0.4) is 0 Å². The molecule has 0 radical (unpaired) electrons. The maximum atomic E-state index is 9.80. The maximum absolute atomic E-state index is 9.80. The zero-order valence-corrected chi connectivity index (χ0v) is 13.7. The van der Waals surface area contributed by atoms with Gasteiger partial charge in [0.2, 0.25) is 0 Å². The Labute approximate surface area is 136 Å². The first-order valence-corrected chi connectivity index (χ1v) is 7.86. The Morgan fingerprint density at radius 2 is 2.05 bits per heavy atom. The first kappa shape index (κ1) is 18.5. The minimum Gasteiger partial charge on any atom is -0.491 e. The average molecular weight is 336 g/mol. The normalized spacial score (nSPS) is 14.0. The zero-order chi connectivity index (χ0) is 15.7. The summed E-state index contributed by atoms with van der Waals surface area (Å²) in [6, 6.07) is 5.00. The first-order valence-electron chi connectivity index (χ1n) is 7.10. The van der Waals surface area contributed by atoms with Gasteiger partial charge in [0, 0.05) is 19.2 Å². The molecular formula is C15H23Cl2NO3. The molecule has 0 fully saturated rings. The average Bonchev–Trinajstić information content (AvgIpc) is 2.47. The molecule has 3 N–H and O–H groups in total. The molecule has 6 heteroatoms. The number of ether oxygens (including phenoxy) is 1. The van der Waals surface area contributed by atoms with Gasteiger partial charge < -0.3 is 20.3 Å². The predicted octanol–water partition coefficient (Wildman–Crippen LogP) is 2.73. The molecule has 0 amide bonds. The van der Waals surface area contributed by atoms with E-state index in [-0.39, 0.29) is 13.2 Å². The van der Waals surface area contributed by atoms with E-state index in [2.05, 4.69) is 5.32 Å². The largest absolute Gasteiger partial charge is 0.491 e. The van der Waals surface area contributed by atoms with Gasteiger partial charge in [0.25, 0.3) is 0 Å². The second kappa shape index (κ2) is 10.2. The van der Waals surface area contributed by atoms with Crippen LogP contribution in [0.2, 0.25) is 10.0 Å². The molecule has 0 aliphatic heterocycles. The molecule has 0 bridgehead atoms. The summed E-state index contributed by atoms with van der Waals surface area (Å²) >= 11 is 11.7. The van der Waals surface area contributed by atoms with Crippen LogP contribution in [0.5, 0.6) is 5.75 Å². The molecule has 21 heavy (non-hydrogen) atoms. The van der Waals surface area contributed by atoms with Crippen molar-refractivity contribution in [3.63, 3.8) is 0 Å².